The molecule has 0 aliphatic rings. The van der Waals surface area contributed by atoms with E-state index in [0.717, 1.165) is 4.88 Å². The highest BCUT2D eigenvalue weighted by Gasteiger charge is 2.19. The number of likely N-dealkylation sites (N-methyl/N-ethyl adjacent to an activating group) is 1. The summed E-state index contributed by atoms with van der Waals surface area (Å²) in [7, 11) is 0.375. The standard InChI is InChI=1S/C15H18Cl2N2O2S2/c1-19(2)14(15-4-3-5-22-15)9-18-23(20,21)10-11-6-12(16)8-13(17)7-11/h3-8,14,18H,9-10H2,1-2H3/t14-/m0/s1. The van der Waals surface area contributed by atoms with Crippen LogP contribution in [0, 0.1) is 0 Å². The molecule has 0 aliphatic heterocycles. The highest BCUT2D eigenvalue weighted by atomic mass is 35.5. The molecule has 1 N–H and O–H groups in total. The summed E-state index contributed by atoms with van der Waals surface area (Å²) in [5.74, 6) is -0.155. The van der Waals surface area contributed by atoms with Gasteiger partial charge >= 0.3 is 0 Å². The van der Waals surface area contributed by atoms with E-state index in [0.29, 0.717) is 22.2 Å². The minimum absolute atomic E-state index is 0.00674. The number of hydrogen-bond donors (Lipinski definition) is 1. The molecule has 23 heavy (non-hydrogen) atoms. The zero-order chi connectivity index (χ0) is 17.0. The van der Waals surface area contributed by atoms with Crippen molar-refractivity contribution < 1.29 is 8.42 Å². The van der Waals surface area contributed by atoms with Crippen LogP contribution in [0.5, 0.6) is 0 Å². The summed E-state index contributed by atoms with van der Waals surface area (Å²) in [6.07, 6.45) is 0. The lowest BCUT2D eigenvalue weighted by Crippen LogP contribution is -2.34. The van der Waals surface area contributed by atoms with Crippen LogP contribution in [0.4, 0.5) is 0 Å². The topological polar surface area (TPSA) is 49.4 Å². The second kappa shape index (κ2) is 7.96. The van der Waals surface area contributed by atoms with Crippen molar-refractivity contribution in [2.75, 3.05) is 20.6 Å². The maximum atomic E-state index is 12.3. The first-order valence-electron chi connectivity index (χ1n) is 6.89. The minimum Gasteiger partial charge on any atom is -0.300 e. The summed E-state index contributed by atoms with van der Waals surface area (Å²) in [5.41, 5.74) is 0.563. The smallest absolute Gasteiger partial charge is 0.215 e. The fraction of sp³-hybridized carbons (Fsp3) is 0.333. The molecule has 0 bridgehead atoms. The summed E-state index contributed by atoms with van der Waals surface area (Å²) in [6, 6.07) is 8.74. The number of thiophene rings is 1. The monoisotopic (exact) mass is 392 g/mol. The zero-order valence-electron chi connectivity index (χ0n) is 12.8. The maximum Gasteiger partial charge on any atom is 0.215 e. The predicted molar refractivity (Wildman–Crippen MR) is 97.8 cm³/mol. The summed E-state index contributed by atoms with van der Waals surface area (Å²) >= 11 is 13.4. The van der Waals surface area contributed by atoms with Gasteiger partial charge in [0.15, 0.2) is 0 Å². The molecule has 0 aliphatic carbocycles. The summed E-state index contributed by atoms with van der Waals surface area (Å²) < 4.78 is 27.3. The van der Waals surface area contributed by atoms with Gasteiger partial charge < -0.3 is 4.90 Å². The second-order valence-corrected chi connectivity index (χ2v) is 9.04. The van der Waals surface area contributed by atoms with E-state index in [-0.39, 0.29) is 11.8 Å². The van der Waals surface area contributed by atoms with E-state index < -0.39 is 10.0 Å². The van der Waals surface area contributed by atoms with Crippen LogP contribution in [-0.4, -0.2) is 34.0 Å². The normalized spacial score (nSPS) is 13.4. The van der Waals surface area contributed by atoms with Crippen molar-refractivity contribution in [3.05, 3.63) is 56.2 Å². The van der Waals surface area contributed by atoms with Gasteiger partial charge in [0.05, 0.1) is 11.8 Å². The Morgan fingerprint density at radius 3 is 2.39 bits per heavy atom. The van der Waals surface area contributed by atoms with Crippen molar-refractivity contribution in [1.82, 2.24) is 9.62 Å². The van der Waals surface area contributed by atoms with Gasteiger partial charge in [-0.25, -0.2) is 13.1 Å². The van der Waals surface area contributed by atoms with Crippen molar-refractivity contribution >= 4 is 44.6 Å². The molecule has 0 unspecified atom stereocenters. The number of halogens is 2. The average Bonchev–Trinajstić information content (AvgIpc) is 2.90. The third-order valence-corrected chi connectivity index (χ3v) is 6.00. The van der Waals surface area contributed by atoms with Gasteiger partial charge in [-0.2, -0.15) is 0 Å². The Labute approximate surface area is 151 Å². The van der Waals surface area contributed by atoms with Crippen LogP contribution in [0.3, 0.4) is 0 Å². The van der Waals surface area contributed by atoms with Gasteiger partial charge in [0, 0.05) is 21.5 Å². The number of nitrogens with one attached hydrogen (secondary N) is 1. The van der Waals surface area contributed by atoms with Gasteiger partial charge in [-0.3, -0.25) is 0 Å². The first-order valence-corrected chi connectivity index (χ1v) is 10.2. The summed E-state index contributed by atoms with van der Waals surface area (Å²) in [4.78, 5) is 3.11. The Bertz CT molecular complexity index is 727. The summed E-state index contributed by atoms with van der Waals surface area (Å²) in [5, 5.41) is 2.83. The third-order valence-electron chi connectivity index (χ3n) is 3.27. The van der Waals surface area contributed by atoms with Crippen LogP contribution in [-0.2, 0) is 15.8 Å². The Morgan fingerprint density at radius 2 is 1.87 bits per heavy atom. The molecule has 2 rings (SSSR count). The van der Waals surface area contributed by atoms with E-state index in [4.69, 9.17) is 23.2 Å². The van der Waals surface area contributed by atoms with E-state index >= 15 is 0 Å². The van der Waals surface area contributed by atoms with Gasteiger partial charge in [-0.1, -0.05) is 29.3 Å². The van der Waals surface area contributed by atoms with Crippen LogP contribution < -0.4 is 4.72 Å². The van der Waals surface area contributed by atoms with Gasteiger partial charge in [0.25, 0.3) is 0 Å². The van der Waals surface area contributed by atoms with Crippen molar-refractivity contribution in [1.29, 1.82) is 0 Å². The molecule has 126 valence electrons. The van der Waals surface area contributed by atoms with E-state index in [1.165, 1.54) is 0 Å². The molecular formula is C15H18Cl2N2O2S2. The van der Waals surface area contributed by atoms with Crippen LogP contribution in [0.25, 0.3) is 0 Å². The van der Waals surface area contributed by atoms with Crippen molar-refractivity contribution in [2.24, 2.45) is 0 Å². The molecule has 0 radical (unpaired) electrons. The molecule has 0 saturated heterocycles. The first kappa shape index (κ1) is 18.7. The number of nitrogens with zero attached hydrogens (tertiary/aromatic N) is 1. The lowest BCUT2D eigenvalue weighted by molar-refractivity contribution is 0.303. The molecule has 0 saturated carbocycles. The fourth-order valence-corrected chi connectivity index (χ4v) is 4.80. The van der Waals surface area contributed by atoms with Crippen LogP contribution in [0.1, 0.15) is 16.5 Å². The van der Waals surface area contributed by atoms with Gasteiger partial charge in [-0.05, 0) is 49.3 Å². The molecule has 1 aromatic carbocycles. The molecule has 4 nitrogen and oxygen atoms in total. The number of hydrogen-bond acceptors (Lipinski definition) is 4. The van der Waals surface area contributed by atoms with Crippen molar-refractivity contribution in [3.63, 3.8) is 0 Å². The minimum atomic E-state index is -3.48. The molecule has 1 heterocycles. The van der Waals surface area contributed by atoms with Crippen LogP contribution in [0.2, 0.25) is 10.0 Å². The van der Waals surface area contributed by atoms with E-state index in [9.17, 15) is 8.42 Å². The molecule has 1 atom stereocenters. The molecule has 0 amide bonds. The Hall–Kier alpha value is -0.630. The van der Waals surface area contributed by atoms with Crippen molar-refractivity contribution in [3.8, 4) is 0 Å². The number of benzene rings is 1. The van der Waals surface area contributed by atoms with Gasteiger partial charge in [-0.15, -0.1) is 11.3 Å². The lowest BCUT2D eigenvalue weighted by atomic mass is 10.2. The van der Waals surface area contributed by atoms with Gasteiger partial charge in [0.1, 0.15) is 0 Å². The zero-order valence-corrected chi connectivity index (χ0v) is 15.9. The average molecular weight is 393 g/mol. The maximum absolute atomic E-state index is 12.3. The molecule has 8 heteroatoms. The van der Waals surface area contributed by atoms with Crippen LogP contribution in [0.15, 0.2) is 35.7 Å². The number of rotatable bonds is 7. The van der Waals surface area contributed by atoms with E-state index in [2.05, 4.69) is 4.72 Å². The predicted octanol–water partition coefficient (Wildman–Crippen LogP) is 3.78. The highest BCUT2D eigenvalue weighted by molar-refractivity contribution is 7.88. The van der Waals surface area contributed by atoms with Gasteiger partial charge in [0.2, 0.25) is 10.0 Å². The second-order valence-electron chi connectivity index (χ2n) is 5.38. The SMILES string of the molecule is CN(C)[C@@H](CNS(=O)(=O)Cc1cc(Cl)cc(Cl)c1)c1cccs1. The fourth-order valence-electron chi connectivity index (χ4n) is 2.19. The Morgan fingerprint density at radius 1 is 1.22 bits per heavy atom. The molecule has 0 spiro atoms. The Balaban J connectivity index is 2.05. The third kappa shape index (κ3) is 5.74. The molecule has 0 fully saturated rings. The van der Waals surface area contributed by atoms with E-state index in [1.54, 1.807) is 29.5 Å². The summed E-state index contributed by atoms with van der Waals surface area (Å²) in [6.45, 7) is 0.310. The van der Waals surface area contributed by atoms with Crippen LogP contribution >= 0.6 is 34.5 Å². The molecule has 2 aromatic rings. The highest BCUT2D eigenvalue weighted by Crippen LogP contribution is 2.23. The lowest BCUT2D eigenvalue weighted by Gasteiger charge is -2.23. The van der Waals surface area contributed by atoms with Crippen molar-refractivity contribution in [2.45, 2.75) is 11.8 Å². The first-order chi connectivity index (χ1) is 10.8. The molecule has 1 aromatic heterocycles. The largest absolute Gasteiger partial charge is 0.300 e. The quantitative estimate of drug-likeness (QED) is 0.779. The van der Waals surface area contributed by atoms with E-state index in [1.807, 2.05) is 36.5 Å². The molecular weight excluding hydrogens is 375 g/mol. The number of sulfonamides is 1. The Kier molecular flexibility index (Phi) is 6.48.